The molecule has 2 fully saturated rings. The molecule has 0 radical (unpaired) electrons. The van der Waals surface area contributed by atoms with Crippen LogP contribution in [0.25, 0.3) is 0 Å². The van der Waals surface area contributed by atoms with Gasteiger partial charge >= 0.3 is 6.09 Å². The Balaban J connectivity index is 1.58. The molecule has 2 amide bonds. The summed E-state index contributed by atoms with van der Waals surface area (Å²) >= 11 is 0. The molecule has 8 nitrogen and oxygen atoms in total. The van der Waals surface area contributed by atoms with Crippen molar-refractivity contribution in [2.24, 2.45) is 0 Å². The minimum Gasteiger partial charge on any atom is -0.441 e. The molecule has 0 aromatic carbocycles. The third-order valence-electron chi connectivity index (χ3n) is 5.08. The largest absolute Gasteiger partial charge is 0.441 e. The fourth-order valence-corrected chi connectivity index (χ4v) is 3.45. The zero-order valence-electron chi connectivity index (χ0n) is 15.7. The van der Waals surface area contributed by atoms with Gasteiger partial charge in [0.2, 0.25) is 0 Å². The number of nitrogens with one attached hydrogen (secondary N) is 1. The summed E-state index contributed by atoms with van der Waals surface area (Å²) < 4.78 is 5.72. The van der Waals surface area contributed by atoms with Gasteiger partial charge in [-0.25, -0.2) is 9.78 Å². The van der Waals surface area contributed by atoms with Crippen molar-refractivity contribution in [3.05, 3.63) is 23.9 Å². The Morgan fingerprint density at radius 1 is 1.38 bits per heavy atom. The lowest BCUT2D eigenvalue weighted by Crippen LogP contribution is -2.49. The van der Waals surface area contributed by atoms with E-state index in [4.69, 9.17) is 4.74 Å². The normalized spacial score (nSPS) is 19.2. The van der Waals surface area contributed by atoms with Crippen LogP contribution in [0.15, 0.2) is 18.3 Å². The highest BCUT2D eigenvalue weighted by atomic mass is 16.6. The molecule has 3 rings (SSSR count). The molecular weight excluding hydrogens is 334 g/mol. The number of hydrogen-bond donors (Lipinski definition) is 1. The number of likely N-dealkylation sites (N-methyl/N-ethyl adjacent to an activating group) is 1. The number of likely N-dealkylation sites (tertiary alicyclic amines) is 1. The number of aromatic nitrogens is 1. The van der Waals surface area contributed by atoms with Crippen LogP contribution in [0.4, 0.5) is 10.6 Å². The molecule has 1 aromatic rings. The van der Waals surface area contributed by atoms with Crippen LogP contribution in [0, 0.1) is 0 Å². The number of carbonyl (C=O) groups excluding carboxylic acids is 2. The fraction of sp³-hybridized carbons (Fsp3) is 0.611. The second-order valence-electron chi connectivity index (χ2n) is 7.25. The number of nitrogens with zero attached hydrogens (tertiary/aromatic N) is 4. The molecule has 2 saturated heterocycles. The first-order valence-corrected chi connectivity index (χ1v) is 8.98. The molecule has 142 valence electrons. The summed E-state index contributed by atoms with van der Waals surface area (Å²) in [5, 5.41) is 2.95. The van der Waals surface area contributed by atoms with Gasteiger partial charge in [0.05, 0.1) is 6.54 Å². The van der Waals surface area contributed by atoms with Crippen LogP contribution in [0.2, 0.25) is 0 Å². The van der Waals surface area contributed by atoms with E-state index in [0.717, 1.165) is 6.54 Å². The number of ether oxygens (including phenoxy) is 1. The number of carbonyl (C=O) groups is 2. The van der Waals surface area contributed by atoms with Gasteiger partial charge in [0.1, 0.15) is 11.4 Å². The summed E-state index contributed by atoms with van der Waals surface area (Å²) in [7, 11) is 5.75. The minimum absolute atomic E-state index is 0.00691. The fourth-order valence-electron chi connectivity index (χ4n) is 3.45. The maximum atomic E-state index is 12.7. The molecular formula is C18H27N5O3. The zero-order valence-corrected chi connectivity index (χ0v) is 15.7. The first-order chi connectivity index (χ1) is 12.4. The predicted octanol–water partition coefficient (Wildman–Crippen LogP) is 1.11. The number of piperidine rings is 1. The van der Waals surface area contributed by atoms with Crippen LogP contribution in [-0.4, -0.2) is 91.2 Å². The molecule has 2 aliphatic heterocycles. The summed E-state index contributed by atoms with van der Waals surface area (Å²) in [4.78, 5) is 34.7. The van der Waals surface area contributed by atoms with Crippen LogP contribution in [0.5, 0.6) is 0 Å². The smallest absolute Gasteiger partial charge is 0.410 e. The van der Waals surface area contributed by atoms with E-state index in [1.165, 1.54) is 0 Å². The third kappa shape index (κ3) is 3.90. The molecule has 26 heavy (non-hydrogen) atoms. The number of rotatable bonds is 5. The second-order valence-corrected chi connectivity index (χ2v) is 7.25. The predicted molar refractivity (Wildman–Crippen MR) is 98.3 cm³/mol. The average molecular weight is 361 g/mol. The molecule has 1 N–H and O–H groups in total. The minimum atomic E-state index is -0.450. The molecule has 0 saturated carbocycles. The van der Waals surface area contributed by atoms with E-state index in [2.05, 4.69) is 10.3 Å². The number of pyridine rings is 1. The summed E-state index contributed by atoms with van der Waals surface area (Å²) in [5.41, 5.74) is 0.172. The average Bonchev–Trinajstić information content (AvgIpc) is 2.95. The van der Waals surface area contributed by atoms with Gasteiger partial charge in [-0.15, -0.1) is 0 Å². The Morgan fingerprint density at radius 2 is 2.12 bits per heavy atom. The Morgan fingerprint density at radius 3 is 2.77 bits per heavy atom. The summed E-state index contributed by atoms with van der Waals surface area (Å²) in [6, 6.07) is 3.48. The maximum absolute atomic E-state index is 12.7. The van der Waals surface area contributed by atoms with Crippen LogP contribution >= 0.6 is 0 Å². The molecule has 0 aliphatic carbocycles. The van der Waals surface area contributed by atoms with E-state index in [0.29, 0.717) is 50.4 Å². The van der Waals surface area contributed by atoms with E-state index < -0.39 is 5.60 Å². The van der Waals surface area contributed by atoms with Gasteiger partial charge in [0.15, 0.2) is 0 Å². The molecule has 1 spiro atoms. The molecule has 0 unspecified atom stereocenters. The van der Waals surface area contributed by atoms with E-state index in [1.807, 2.05) is 23.9 Å². The topological polar surface area (TPSA) is 78.0 Å². The molecule has 0 bridgehead atoms. The standard InChI is InChI=1S/C18H27N5O3/c1-19-15-12-14(4-7-20-15)16(24)22-8-5-18(6-9-22)13-23(17(25)26-18)11-10-21(2)3/h4,7,12H,5-6,8-11,13H2,1-3H3,(H,19,20). The summed E-state index contributed by atoms with van der Waals surface area (Å²) in [6.07, 6.45) is 2.74. The van der Waals surface area contributed by atoms with Gasteiger partial charge in [-0.3, -0.25) is 4.79 Å². The van der Waals surface area contributed by atoms with E-state index >= 15 is 0 Å². The van der Waals surface area contributed by atoms with E-state index in [9.17, 15) is 9.59 Å². The number of amides is 2. The Labute approximate surface area is 154 Å². The lowest BCUT2D eigenvalue weighted by atomic mass is 9.91. The molecule has 1 aromatic heterocycles. The zero-order chi connectivity index (χ0) is 18.7. The van der Waals surface area contributed by atoms with Gasteiger partial charge < -0.3 is 24.8 Å². The summed E-state index contributed by atoms with van der Waals surface area (Å²) in [6.45, 7) is 3.27. The molecule has 8 heteroatoms. The van der Waals surface area contributed by atoms with Crippen molar-refractivity contribution in [2.45, 2.75) is 18.4 Å². The van der Waals surface area contributed by atoms with Crippen molar-refractivity contribution in [1.82, 2.24) is 19.7 Å². The first kappa shape index (κ1) is 18.4. The van der Waals surface area contributed by atoms with Crippen molar-refractivity contribution in [1.29, 1.82) is 0 Å². The van der Waals surface area contributed by atoms with Crippen LogP contribution < -0.4 is 5.32 Å². The quantitative estimate of drug-likeness (QED) is 0.847. The van der Waals surface area contributed by atoms with E-state index in [-0.39, 0.29) is 12.0 Å². The Kier molecular flexibility index (Phi) is 5.31. The SMILES string of the molecule is CNc1cc(C(=O)N2CCC3(CC2)CN(CCN(C)C)C(=O)O3)ccn1. The van der Waals surface area contributed by atoms with Gasteiger partial charge in [-0.05, 0) is 26.2 Å². The van der Waals surface area contributed by atoms with Crippen molar-refractivity contribution in [3.8, 4) is 0 Å². The summed E-state index contributed by atoms with van der Waals surface area (Å²) in [5.74, 6) is 0.665. The lowest BCUT2D eigenvalue weighted by Gasteiger charge is -2.37. The highest BCUT2D eigenvalue weighted by molar-refractivity contribution is 5.94. The maximum Gasteiger partial charge on any atom is 0.410 e. The highest BCUT2D eigenvalue weighted by Gasteiger charge is 2.47. The Hall–Kier alpha value is -2.35. The molecule has 0 atom stereocenters. The molecule has 2 aliphatic rings. The highest BCUT2D eigenvalue weighted by Crippen LogP contribution is 2.33. The van der Waals surface area contributed by atoms with Gasteiger partial charge in [-0.1, -0.05) is 0 Å². The van der Waals surface area contributed by atoms with Crippen LogP contribution in [0.3, 0.4) is 0 Å². The van der Waals surface area contributed by atoms with Gasteiger partial charge in [-0.2, -0.15) is 0 Å². The Bertz CT molecular complexity index is 671. The van der Waals surface area contributed by atoms with Gasteiger partial charge in [0, 0.05) is 57.8 Å². The van der Waals surface area contributed by atoms with Crippen molar-refractivity contribution < 1.29 is 14.3 Å². The number of anilines is 1. The monoisotopic (exact) mass is 361 g/mol. The van der Waals surface area contributed by atoms with E-state index in [1.54, 1.807) is 30.3 Å². The van der Waals surface area contributed by atoms with Crippen LogP contribution in [0.1, 0.15) is 23.2 Å². The third-order valence-corrected chi connectivity index (χ3v) is 5.08. The second kappa shape index (κ2) is 7.49. The lowest BCUT2D eigenvalue weighted by molar-refractivity contribution is 0.00313. The van der Waals surface area contributed by atoms with Crippen LogP contribution in [-0.2, 0) is 4.74 Å². The van der Waals surface area contributed by atoms with Gasteiger partial charge in [0.25, 0.3) is 5.91 Å². The van der Waals surface area contributed by atoms with Crippen molar-refractivity contribution >= 4 is 17.8 Å². The van der Waals surface area contributed by atoms with Crippen molar-refractivity contribution in [3.63, 3.8) is 0 Å². The molecule has 3 heterocycles. The first-order valence-electron chi connectivity index (χ1n) is 8.98. The van der Waals surface area contributed by atoms with Crippen molar-refractivity contribution in [2.75, 3.05) is 59.2 Å². The number of hydrogen-bond acceptors (Lipinski definition) is 6.